The molecule has 0 aliphatic rings. The average Bonchev–Trinajstić information content (AvgIpc) is 2.95. The van der Waals surface area contributed by atoms with Crippen molar-refractivity contribution in [3.05, 3.63) is 64.8 Å². The summed E-state index contributed by atoms with van der Waals surface area (Å²) in [4.78, 5) is 4.55. The number of hydrogen-bond acceptors (Lipinski definition) is 4. The molecular weight excluding hydrogens is 365 g/mol. The normalized spacial score (nSPS) is 10.8. The highest BCUT2D eigenvalue weighted by Crippen LogP contribution is 2.32. The second kappa shape index (κ2) is 7.83. The summed E-state index contributed by atoms with van der Waals surface area (Å²) in [5, 5.41) is 1.72. The van der Waals surface area contributed by atoms with Crippen LogP contribution in [0.1, 0.15) is 0 Å². The predicted molar refractivity (Wildman–Crippen MR) is 100 cm³/mol. The van der Waals surface area contributed by atoms with Gasteiger partial charge in [0.1, 0.15) is 0 Å². The van der Waals surface area contributed by atoms with E-state index in [1.165, 1.54) is 16.4 Å². The molecule has 0 saturated carbocycles. The Morgan fingerprint density at radius 3 is 2.46 bits per heavy atom. The van der Waals surface area contributed by atoms with Crippen molar-refractivity contribution in [2.24, 2.45) is 0 Å². The molecule has 0 fully saturated rings. The molecule has 4 nitrogen and oxygen atoms in total. The summed E-state index contributed by atoms with van der Waals surface area (Å²) in [6, 6.07) is 15.2. The van der Waals surface area contributed by atoms with Gasteiger partial charge >= 0.3 is 0 Å². The smallest absolute Gasteiger partial charge is 0.187 e. The molecule has 24 heavy (non-hydrogen) atoms. The van der Waals surface area contributed by atoms with Gasteiger partial charge in [-0.05, 0) is 12.1 Å². The number of benzene rings is 2. The highest BCUT2D eigenvalue weighted by Gasteiger charge is 2.10. The van der Waals surface area contributed by atoms with Crippen molar-refractivity contribution in [2.45, 2.75) is 5.16 Å². The SMILES string of the molecule is Nn1cc(-c2ccccc2)nc1SCCOc1c(Cl)cccc1Cl. The molecule has 124 valence electrons. The van der Waals surface area contributed by atoms with Crippen LogP contribution in [0.2, 0.25) is 10.0 Å². The molecule has 3 rings (SSSR count). The summed E-state index contributed by atoms with van der Waals surface area (Å²) < 4.78 is 7.18. The fourth-order valence-corrected chi connectivity index (χ4v) is 3.35. The van der Waals surface area contributed by atoms with Crippen molar-refractivity contribution in [2.75, 3.05) is 18.2 Å². The third kappa shape index (κ3) is 3.98. The first-order valence-electron chi connectivity index (χ1n) is 7.24. The van der Waals surface area contributed by atoms with Crippen molar-refractivity contribution in [1.82, 2.24) is 9.66 Å². The first-order chi connectivity index (χ1) is 11.6. The summed E-state index contributed by atoms with van der Waals surface area (Å²) >= 11 is 13.6. The first-order valence-corrected chi connectivity index (χ1v) is 8.99. The number of nitrogens with two attached hydrogens (primary N) is 1. The Morgan fingerprint density at radius 2 is 1.75 bits per heavy atom. The van der Waals surface area contributed by atoms with Crippen LogP contribution in [0, 0.1) is 0 Å². The van der Waals surface area contributed by atoms with Gasteiger partial charge in [-0.25, -0.2) is 9.66 Å². The summed E-state index contributed by atoms with van der Waals surface area (Å²) in [5.74, 6) is 7.14. The maximum atomic E-state index is 6.07. The number of rotatable bonds is 6. The van der Waals surface area contributed by atoms with Crippen LogP contribution in [0.3, 0.4) is 0 Å². The molecule has 0 spiro atoms. The third-order valence-electron chi connectivity index (χ3n) is 3.25. The number of imidazole rings is 1. The fourth-order valence-electron chi connectivity index (χ4n) is 2.13. The first kappa shape index (κ1) is 17.0. The van der Waals surface area contributed by atoms with E-state index in [-0.39, 0.29) is 0 Å². The molecule has 0 bridgehead atoms. The van der Waals surface area contributed by atoms with Gasteiger partial charge in [0.05, 0.1) is 28.5 Å². The van der Waals surface area contributed by atoms with E-state index in [9.17, 15) is 0 Å². The van der Waals surface area contributed by atoms with Crippen molar-refractivity contribution in [3.63, 3.8) is 0 Å². The number of halogens is 2. The predicted octanol–water partition coefficient (Wildman–Crippen LogP) is 4.74. The monoisotopic (exact) mass is 379 g/mol. The van der Waals surface area contributed by atoms with Crippen LogP contribution in [0.25, 0.3) is 11.3 Å². The molecule has 0 unspecified atom stereocenters. The van der Waals surface area contributed by atoms with E-state index in [0.717, 1.165) is 16.4 Å². The van der Waals surface area contributed by atoms with Crippen LogP contribution in [0.5, 0.6) is 5.75 Å². The van der Waals surface area contributed by atoms with E-state index in [1.807, 2.05) is 36.5 Å². The molecule has 3 aromatic rings. The van der Waals surface area contributed by atoms with Crippen molar-refractivity contribution in [3.8, 4) is 17.0 Å². The number of nitrogen functional groups attached to an aromatic ring is 1. The quantitative estimate of drug-likeness (QED) is 0.381. The molecule has 0 amide bonds. The van der Waals surface area contributed by atoms with Crippen LogP contribution >= 0.6 is 35.0 Å². The molecule has 0 radical (unpaired) electrons. The second-order valence-electron chi connectivity index (χ2n) is 4.93. The largest absolute Gasteiger partial charge is 0.490 e. The molecule has 1 aromatic heterocycles. The number of thioether (sulfide) groups is 1. The van der Waals surface area contributed by atoms with Crippen LogP contribution in [0.15, 0.2) is 59.9 Å². The van der Waals surface area contributed by atoms with Crippen molar-refractivity contribution < 1.29 is 4.74 Å². The zero-order chi connectivity index (χ0) is 16.9. The molecule has 0 atom stereocenters. The molecule has 0 aliphatic carbocycles. The minimum atomic E-state index is 0.446. The van der Waals surface area contributed by atoms with E-state index < -0.39 is 0 Å². The van der Waals surface area contributed by atoms with Crippen molar-refractivity contribution in [1.29, 1.82) is 0 Å². The zero-order valence-corrected chi connectivity index (χ0v) is 15.0. The minimum Gasteiger partial charge on any atom is -0.490 e. The number of nitrogens with zero attached hydrogens (tertiary/aromatic N) is 2. The topological polar surface area (TPSA) is 53.1 Å². The van der Waals surface area contributed by atoms with Gasteiger partial charge in [-0.3, -0.25) is 0 Å². The van der Waals surface area contributed by atoms with Gasteiger partial charge in [-0.2, -0.15) is 0 Å². The number of hydrogen-bond donors (Lipinski definition) is 1. The Kier molecular flexibility index (Phi) is 5.56. The van der Waals surface area contributed by atoms with Gasteiger partial charge in [0.15, 0.2) is 10.9 Å². The second-order valence-corrected chi connectivity index (χ2v) is 6.81. The standard InChI is InChI=1S/C17H15Cl2N3OS/c18-13-7-4-8-14(19)16(13)23-9-10-24-17-21-15(11-22(17)20)12-5-2-1-3-6-12/h1-8,11H,9-10,20H2. The van der Waals surface area contributed by atoms with Crippen molar-refractivity contribution >= 4 is 35.0 Å². The summed E-state index contributed by atoms with van der Waals surface area (Å²) in [6.07, 6.45) is 1.81. The highest BCUT2D eigenvalue weighted by atomic mass is 35.5. The Labute approximate surface area is 154 Å². The van der Waals surface area contributed by atoms with Crippen LogP contribution < -0.4 is 10.6 Å². The Balaban J connectivity index is 1.59. The molecule has 1 heterocycles. The van der Waals surface area contributed by atoms with E-state index in [4.69, 9.17) is 33.8 Å². The number of aromatic nitrogens is 2. The molecule has 7 heteroatoms. The summed E-state index contributed by atoms with van der Waals surface area (Å²) in [7, 11) is 0. The lowest BCUT2D eigenvalue weighted by Gasteiger charge is -2.09. The fraction of sp³-hybridized carbons (Fsp3) is 0.118. The van der Waals surface area contributed by atoms with E-state index >= 15 is 0 Å². The van der Waals surface area contributed by atoms with Crippen LogP contribution in [-0.2, 0) is 0 Å². The van der Waals surface area contributed by atoms with Gasteiger partial charge < -0.3 is 10.6 Å². The molecule has 2 N–H and O–H groups in total. The Morgan fingerprint density at radius 1 is 1.04 bits per heavy atom. The van der Waals surface area contributed by atoms with E-state index in [0.29, 0.717) is 28.2 Å². The van der Waals surface area contributed by atoms with Gasteiger partial charge in [0.2, 0.25) is 0 Å². The molecule has 2 aromatic carbocycles. The van der Waals surface area contributed by atoms with Crippen LogP contribution in [0.4, 0.5) is 0 Å². The Bertz CT molecular complexity index is 804. The molecule has 0 aliphatic heterocycles. The lowest BCUT2D eigenvalue weighted by atomic mass is 10.2. The minimum absolute atomic E-state index is 0.446. The summed E-state index contributed by atoms with van der Waals surface area (Å²) in [6.45, 7) is 0.446. The third-order valence-corrected chi connectivity index (χ3v) is 4.77. The van der Waals surface area contributed by atoms with Gasteiger partial charge in [0.25, 0.3) is 0 Å². The maximum absolute atomic E-state index is 6.07. The van der Waals surface area contributed by atoms with Gasteiger partial charge in [0, 0.05) is 11.3 Å². The molecular formula is C17H15Cl2N3OS. The number of ether oxygens (including phenoxy) is 1. The van der Waals surface area contributed by atoms with E-state index in [2.05, 4.69) is 4.98 Å². The zero-order valence-electron chi connectivity index (χ0n) is 12.7. The average molecular weight is 380 g/mol. The lowest BCUT2D eigenvalue weighted by Crippen LogP contribution is -2.09. The van der Waals surface area contributed by atoms with Crippen LogP contribution in [-0.4, -0.2) is 22.0 Å². The van der Waals surface area contributed by atoms with E-state index in [1.54, 1.807) is 18.2 Å². The molecule has 0 saturated heterocycles. The maximum Gasteiger partial charge on any atom is 0.187 e. The highest BCUT2D eigenvalue weighted by molar-refractivity contribution is 7.99. The Hall–Kier alpha value is -1.82. The lowest BCUT2D eigenvalue weighted by molar-refractivity contribution is 0.344. The van der Waals surface area contributed by atoms with Gasteiger partial charge in [-0.1, -0.05) is 71.4 Å². The van der Waals surface area contributed by atoms with Gasteiger partial charge in [-0.15, -0.1) is 0 Å². The summed E-state index contributed by atoms with van der Waals surface area (Å²) in [5.41, 5.74) is 1.87. The number of para-hydroxylation sites is 1.